The average Bonchev–Trinajstić information content (AvgIpc) is 3.02. The number of benzene rings is 1. The molecule has 2 aromatic heterocycles. The van der Waals surface area contributed by atoms with Gasteiger partial charge in [-0.1, -0.05) is 6.07 Å². The first-order valence-corrected chi connectivity index (χ1v) is 8.47. The van der Waals surface area contributed by atoms with Gasteiger partial charge in [-0.3, -0.25) is 0 Å². The first-order chi connectivity index (χ1) is 12.6. The highest BCUT2D eigenvalue weighted by molar-refractivity contribution is 5.75. The van der Waals surface area contributed by atoms with Gasteiger partial charge in [-0.05, 0) is 37.8 Å². The van der Waals surface area contributed by atoms with Crippen LogP contribution in [-0.4, -0.2) is 37.2 Å². The lowest BCUT2D eigenvalue weighted by atomic mass is 9.93. The van der Waals surface area contributed by atoms with Gasteiger partial charge < -0.3 is 20.7 Å². The highest BCUT2D eigenvalue weighted by Crippen LogP contribution is 2.24. The minimum Gasteiger partial charge on any atom is -0.393 e. The fraction of sp³-hybridized carbons (Fsp3) is 0.353. The third kappa shape index (κ3) is 3.43. The lowest BCUT2D eigenvalue weighted by Crippen LogP contribution is -2.28. The zero-order valence-electron chi connectivity index (χ0n) is 13.8. The molecule has 4 rings (SSSR count). The number of fused-ring (bicyclic) bond motifs is 1. The molecule has 9 heteroatoms. The average molecular weight is 360 g/mol. The summed E-state index contributed by atoms with van der Waals surface area (Å²) < 4.78 is 27.5. The van der Waals surface area contributed by atoms with E-state index in [0.717, 1.165) is 37.8 Å². The monoisotopic (exact) mass is 360 g/mol. The van der Waals surface area contributed by atoms with Gasteiger partial charge in [-0.2, -0.15) is 9.97 Å². The number of H-pyrrole nitrogens is 1. The molecule has 1 fully saturated rings. The number of anilines is 3. The van der Waals surface area contributed by atoms with Gasteiger partial charge in [0.2, 0.25) is 11.9 Å². The Hall–Kier alpha value is -2.81. The molecule has 1 aliphatic rings. The van der Waals surface area contributed by atoms with Crippen LogP contribution in [0.1, 0.15) is 25.7 Å². The van der Waals surface area contributed by atoms with Crippen LogP contribution in [0.15, 0.2) is 24.4 Å². The molecule has 26 heavy (non-hydrogen) atoms. The van der Waals surface area contributed by atoms with Gasteiger partial charge in [-0.15, -0.1) is 0 Å². The molecule has 0 amide bonds. The van der Waals surface area contributed by atoms with Gasteiger partial charge in [0, 0.05) is 6.04 Å². The highest BCUT2D eigenvalue weighted by atomic mass is 19.1. The number of hydrogen-bond acceptors (Lipinski definition) is 6. The van der Waals surface area contributed by atoms with Crippen molar-refractivity contribution in [2.45, 2.75) is 37.8 Å². The summed E-state index contributed by atoms with van der Waals surface area (Å²) in [5.41, 5.74) is 0.657. The van der Waals surface area contributed by atoms with E-state index >= 15 is 0 Å². The van der Waals surface area contributed by atoms with Crippen LogP contribution in [0, 0.1) is 11.6 Å². The SMILES string of the molecule is OC1CCC(Nc2ncc3[nH]c(Nc4c(F)cccc4F)nc3n2)CC1. The molecule has 0 atom stereocenters. The molecule has 0 bridgehead atoms. The number of nitrogens with zero attached hydrogens (tertiary/aromatic N) is 3. The van der Waals surface area contributed by atoms with Crippen LogP contribution in [-0.2, 0) is 0 Å². The van der Waals surface area contributed by atoms with Crippen LogP contribution in [0.3, 0.4) is 0 Å². The maximum atomic E-state index is 13.7. The number of imidazole rings is 1. The van der Waals surface area contributed by atoms with Crippen LogP contribution in [0.2, 0.25) is 0 Å². The molecule has 1 aliphatic carbocycles. The molecule has 1 saturated carbocycles. The van der Waals surface area contributed by atoms with Crippen LogP contribution in [0.4, 0.5) is 26.4 Å². The zero-order valence-corrected chi connectivity index (χ0v) is 13.8. The molecular formula is C17H18F2N6O. The molecule has 136 valence electrons. The molecule has 3 aromatic rings. The Bertz CT molecular complexity index is 903. The Morgan fingerprint density at radius 3 is 2.54 bits per heavy atom. The number of rotatable bonds is 4. The van der Waals surface area contributed by atoms with Crippen molar-refractivity contribution in [3.63, 3.8) is 0 Å². The number of aromatic nitrogens is 4. The third-order valence-corrected chi connectivity index (χ3v) is 4.48. The topological polar surface area (TPSA) is 98.8 Å². The molecule has 0 aliphatic heterocycles. The van der Waals surface area contributed by atoms with E-state index in [1.54, 1.807) is 6.20 Å². The summed E-state index contributed by atoms with van der Waals surface area (Å²) >= 11 is 0. The van der Waals surface area contributed by atoms with E-state index in [1.165, 1.54) is 6.07 Å². The van der Waals surface area contributed by atoms with Crippen molar-refractivity contribution in [1.82, 2.24) is 19.9 Å². The molecule has 7 nitrogen and oxygen atoms in total. The van der Waals surface area contributed by atoms with Crippen molar-refractivity contribution in [2.24, 2.45) is 0 Å². The van der Waals surface area contributed by atoms with Crippen LogP contribution in [0.5, 0.6) is 0 Å². The molecule has 1 aromatic carbocycles. The van der Waals surface area contributed by atoms with Crippen LogP contribution >= 0.6 is 0 Å². The fourth-order valence-corrected chi connectivity index (χ4v) is 3.07. The minimum absolute atomic E-state index is 0.177. The predicted molar refractivity (Wildman–Crippen MR) is 93.2 cm³/mol. The summed E-state index contributed by atoms with van der Waals surface area (Å²) in [6.45, 7) is 0. The fourth-order valence-electron chi connectivity index (χ4n) is 3.07. The molecule has 2 heterocycles. The Balaban J connectivity index is 1.52. The summed E-state index contributed by atoms with van der Waals surface area (Å²) in [6, 6.07) is 3.83. The number of nitrogens with one attached hydrogen (secondary N) is 3. The first-order valence-electron chi connectivity index (χ1n) is 8.47. The number of halogens is 2. The van der Waals surface area contributed by atoms with Crippen molar-refractivity contribution in [3.05, 3.63) is 36.0 Å². The van der Waals surface area contributed by atoms with Crippen molar-refractivity contribution >= 4 is 28.7 Å². The summed E-state index contributed by atoms with van der Waals surface area (Å²) in [5, 5.41) is 15.4. The van der Waals surface area contributed by atoms with Gasteiger partial charge in [0.15, 0.2) is 5.65 Å². The molecular weight excluding hydrogens is 342 g/mol. The van der Waals surface area contributed by atoms with E-state index in [0.29, 0.717) is 17.1 Å². The molecule has 0 unspecified atom stereocenters. The Morgan fingerprint density at radius 1 is 1.08 bits per heavy atom. The summed E-state index contributed by atoms with van der Waals surface area (Å²) in [7, 11) is 0. The predicted octanol–water partition coefficient (Wildman–Crippen LogP) is 3.09. The minimum atomic E-state index is -0.710. The van der Waals surface area contributed by atoms with Gasteiger partial charge in [0.25, 0.3) is 0 Å². The standard InChI is InChI=1S/C17H18F2N6O/c18-11-2-1-3-12(19)14(11)23-17-22-13-8-20-16(24-15(13)25-17)21-9-4-6-10(26)7-5-9/h1-3,8-10,26H,4-7H2,(H3,20,21,22,23,24,25). The van der Waals surface area contributed by atoms with Crippen LogP contribution in [0.25, 0.3) is 11.2 Å². The molecule has 0 spiro atoms. The summed E-state index contributed by atoms with van der Waals surface area (Å²) in [4.78, 5) is 15.7. The van der Waals surface area contributed by atoms with Crippen molar-refractivity contribution in [1.29, 1.82) is 0 Å². The van der Waals surface area contributed by atoms with Gasteiger partial charge in [0.05, 0.1) is 12.3 Å². The second-order valence-corrected chi connectivity index (χ2v) is 6.39. The smallest absolute Gasteiger partial charge is 0.225 e. The Labute approximate surface area is 147 Å². The van der Waals surface area contributed by atoms with E-state index < -0.39 is 11.6 Å². The Kier molecular flexibility index (Phi) is 4.37. The van der Waals surface area contributed by atoms with E-state index in [4.69, 9.17) is 0 Å². The van der Waals surface area contributed by atoms with Gasteiger partial charge in [-0.25, -0.2) is 13.8 Å². The number of aliphatic hydroxyl groups is 1. The third-order valence-electron chi connectivity index (χ3n) is 4.48. The van der Waals surface area contributed by atoms with Crippen molar-refractivity contribution in [2.75, 3.05) is 10.6 Å². The molecule has 0 saturated heterocycles. The largest absolute Gasteiger partial charge is 0.393 e. The second kappa shape index (κ2) is 6.83. The number of aromatic amines is 1. The van der Waals surface area contributed by atoms with Crippen molar-refractivity contribution < 1.29 is 13.9 Å². The lowest BCUT2D eigenvalue weighted by Gasteiger charge is -2.25. The van der Waals surface area contributed by atoms with E-state index in [9.17, 15) is 13.9 Å². The molecule has 0 radical (unpaired) electrons. The highest BCUT2D eigenvalue weighted by Gasteiger charge is 2.20. The zero-order chi connectivity index (χ0) is 18.1. The first kappa shape index (κ1) is 16.6. The van der Waals surface area contributed by atoms with Crippen LogP contribution < -0.4 is 10.6 Å². The number of para-hydroxylation sites is 1. The Morgan fingerprint density at radius 2 is 1.81 bits per heavy atom. The van der Waals surface area contributed by atoms with Gasteiger partial charge >= 0.3 is 0 Å². The summed E-state index contributed by atoms with van der Waals surface area (Å²) in [5.74, 6) is -0.804. The maximum absolute atomic E-state index is 13.7. The maximum Gasteiger partial charge on any atom is 0.225 e. The quantitative estimate of drug-likeness (QED) is 0.571. The second-order valence-electron chi connectivity index (χ2n) is 6.39. The van der Waals surface area contributed by atoms with E-state index in [2.05, 4.69) is 30.6 Å². The van der Waals surface area contributed by atoms with E-state index in [1.807, 2.05) is 0 Å². The summed E-state index contributed by atoms with van der Waals surface area (Å²) in [6.07, 6.45) is 4.55. The number of hydrogen-bond donors (Lipinski definition) is 4. The number of aliphatic hydroxyl groups excluding tert-OH is 1. The van der Waals surface area contributed by atoms with Crippen molar-refractivity contribution in [3.8, 4) is 0 Å². The van der Waals surface area contributed by atoms with E-state index in [-0.39, 0.29) is 23.8 Å². The molecule has 4 N–H and O–H groups in total. The van der Waals surface area contributed by atoms with Gasteiger partial charge in [0.1, 0.15) is 22.8 Å². The normalized spacial score (nSPS) is 20.3. The lowest BCUT2D eigenvalue weighted by molar-refractivity contribution is 0.126.